The van der Waals surface area contributed by atoms with Gasteiger partial charge in [-0.3, -0.25) is 9.59 Å². The molecule has 8 heteroatoms. The molecule has 1 aromatic heterocycles. The van der Waals surface area contributed by atoms with E-state index in [2.05, 4.69) is 22.2 Å². The first-order chi connectivity index (χ1) is 11.9. The fraction of sp³-hybridized carbons (Fsp3) is 0.294. The van der Waals surface area contributed by atoms with Crippen molar-refractivity contribution in [2.75, 3.05) is 20.1 Å². The van der Waals surface area contributed by atoms with E-state index >= 15 is 0 Å². The van der Waals surface area contributed by atoms with Gasteiger partial charge < -0.3 is 15.3 Å². The fourth-order valence-corrected chi connectivity index (χ4v) is 2.27. The van der Waals surface area contributed by atoms with Crippen molar-refractivity contribution in [1.82, 2.24) is 25.2 Å². The van der Waals surface area contributed by atoms with E-state index in [-0.39, 0.29) is 17.6 Å². The molecular formula is C17H21N5O3. The summed E-state index contributed by atoms with van der Waals surface area (Å²) in [6.07, 6.45) is 2.76. The van der Waals surface area contributed by atoms with E-state index in [0.717, 1.165) is 5.56 Å². The van der Waals surface area contributed by atoms with Crippen LogP contribution in [0.25, 0.3) is 6.20 Å². The largest absolute Gasteiger partial charge is 0.508 e. The van der Waals surface area contributed by atoms with Gasteiger partial charge in [0.1, 0.15) is 5.75 Å². The first-order valence-corrected chi connectivity index (χ1v) is 7.79. The number of carbonyl (C=O) groups excluding carboxylic acids is 2. The van der Waals surface area contributed by atoms with Gasteiger partial charge in [0.25, 0.3) is 5.91 Å². The summed E-state index contributed by atoms with van der Waals surface area (Å²) in [7, 11) is 1.63. The van der Waals surface area contributed by atoms with Crippen LogP contribution < -0.4 is 5.32 Å². The molecule has 2 rings (SSSR count). The van der Waals surface area contributed by atoms with Crippen molar-refractivity contribution in [1.29, 1.82) is 0 Å². The van der Waals surface area contributed by atoms with Crippen molar-refractivity contribution < 1.29 is 14.7 Å². The second kappa shape index (κ2) is 8.09. The van der Waals surface area contributed by atoms with Gasteiger partial charge in [0.2, 0.25) is 5.91 Å². The van der Waals surface area contributed by atoms with E-state index in [0.29, 0.717) is 18.8 Å². The second-order valence-electron chi connectivity index (χ2n) is 5.58. The fourth-order valence-electron chi connectivity index (χ4n) is 2.27. The lowest BCUT2D eigenvalue weighted by atomic mass is 10.0. The topological polar surface area (TPSA) is 100 Å². The molecule has 0 saturated carbocycles. The van der Waals surface area contributed by atoms with Gasteiger partial charge in [-0.15, -0.1) is 5.10 Å². The number of likely N-dealkylation sites (N-methyl/N-ethyl adjacent to an activating group) is 1. The number of nitrogens with one attached hydrogen (secondary N) is 1. The Morgan fingerprint density at radius 3 is 2.92 bits per heavy atom. The molecule has 0 aliphatic heterocycles. The normalized spacial score (nSPS) is 11.6. The summed E-state index contributed by atoms with van der Waals surface area (Å²) in [4.78, 5) is 26.0. The van der Waals surface area contributed by atoms with Gasteiger partial charge in [-0.1, -0.05) is 23.9 Å². The number of carbonyl (C=O) groups is 2. The SMILES string of the molecule is C=Cn1nncc1C(=O)N(C)CCNC(=O)C(C)c1cccc(O)c1. The number of aromatic nitrogens is 3. The maximum atomic E-state index is 12.3. The summed E-state index contributed by atoms with van der Waals surface area (Å²) in [6.45, 7) is 5.96. The van der Waals surface area contributed by atoms with Crippen LogP contribution in [-0.2, 0) is 4.79 Å². The molecule has 0 aliphatic carbocycles. The Morgan fingerprint density at radius 1 is 1.48 bits per heavy atom. The molecular weight excluding hydrogens is 322 g/mol. The van der Waals surface area contributed by atoms with Crippen molar-refractivity contribution in [2.24, 2.45) is 0 Å². The third kappa shape index (κ3) is 4.43. The maximum absolute atomic E-state index is 12.3. The van der Waals surface area contributed by atoms with E-state index < -0.39 is 5.92 Å². The van der Waals surface area contributed by atoms with Gasteiger partial charge in [0.05, 0.1) is 12.1 Å². The van der Waals surface area contributed by atoms with Crippen molar-refractivity contribution in [3.63, 3.8) is 0 Å². The Hall–Kier alpha value is -3.16. The zero-order valence-electron chi connectivity index (χ0n) is 14.2. The minimum absolute atomic E-state index is 0.120. The number of benzene rings is 1. The molecule has 1 aromatic carbocycles. The van der Waals surface area contributed by atoms with Crippen LogP contribution in [0.5, 0.6) is 5.75 Å². The maximum Gasteiger partial charge on any atom is 0.274 e. The summed E-state index contributed by atoms with van der Waals surface area (Å²) in [5.74, 6) is -0.723. The number of phenols is 1. The van der Waals surface area contributed by atoms with Crippen LogP contribution >= 0.6 is 0 Å². The molecule has 1 heterocycles. The lowest BCUT2D eigenvalue weighted by molar-refractivity contribution is -0.122. The quantitative estimate of drug-likeness (QED) is 0.783. The number of amides is 2. The van der Waals surface area contributed by atoms with Crippen molar-refractivity contribution in [3.8, 4) is 5.75 Å². The number of nitrogens with zero attached hydrogens (tertiary/aromatic N) is 4. The molecule has 132 valence electrons. The van der Waals surface area contributed by atoms with E-state index in [9.17, 15) is 14.7 Å². The van der Waals surface area contributed by atoms with E-state index in [4.69, 9.17) is 0 Å². The number of aromatic hydroxyl groups is 1. The average molecular weight is 343 g/mol. The zero-order chi connectivity index (χ0) is 18.4. The highest BCUT2D eigenvalue weighted by molar-refractivity contribution is 5.92. The summed E-state index contributed by atoms with van der Waals surface area (Å²) < 4.78 is 1.29. The van der Waals surface area contributed by atoms with Gasteiger partial charge in [-0.25, -0.2) is 4.68 Å². The third-order valence-corrected chi connectivity index (χ3v) is 3.82. The number of hydrogen-bond donors (Lipinski definition) is 2. The highest BCUT2D eigenvalue weighted by Crippen LogP contribution is 2.19. The zero-order valence-corrected chi connectivity index (χ0v) is 14.2. The summed E-state index contributed by atoms with van der Waals surface area (Å²) in [5, 5.41) is 19.7. The average Bonchev–Trinajstić information content (AvgIpc) is 3.08. The Kier molecular flexibility index (Phi) is 5.89. The molecule has 8 nitrogen and oxygen atoms in total. The Morgan fingerprint density at radius 2 is 2.24 bits per heavy atom. The minimum Gasteiger partial charge on any atom is -0.508 e. The van der Waals surface area contributed by atoms with E-state index in [1.165, 1.54) is 22.0 Å². The standard InChI is InChI=1S/C17H21N5O3/c1-4-22-15(11-19-20-22)17(25)21(3)9-8-18-16(24)12(2)13-6-5-7-14(23)10-13/h4-7,10-12,23H,1,8-9H2,2-3H3,(H,18,24). The number of rotatable bonds is 7. The van der Waals surface area contributed by atoms with Crippen molar-refractivity contribution in [3.05, 3.63) is 48.3 Å². The molecule has 0 saturated heterocycles. The van der Waals surface area contributed by atoms with Gasteiger partial charge in [-0.2, -0.15) is 0 Å². The monoisotopic (exact) mass is 343 g/mol. The van der Waals surface area contributed by atoms with Crippen LogP contribution in [0.1, 0.15) is 28.9 Å². The Balaban J connectivity index is 1.86. The first-order valence-electron chi connectivity index (χ1n) is 7.79. The summed E-state index contributed by atoms with van der Waals surface area (Å²) in [5.41, 5.74) is 1.03. The van der Waals surface area contributed by atoms with Crippen LogP contribution in [0.2, 0.25) is 0 Å². The molecule has 2 amide bonds. The van der Waals surface area contributed by atoms with Gasteiger partial charge in [-0.05, 0) is 24.6 Å². The van der Waals surface area contributed by atoms with Crippen LogP contribution in [-0.4, -0.2) is 57.0 Å². The lowest BCUT2D eigenvalue weighted by Gasteiger charge is -2.18. The third-order valence-electron chi connectivity index (χ3n) is 3.82. The Bertz CT molecular complexity index is 771. The Labute approximate surface area is 145 Å². The molecule has 0 fully saturated rings. The molecule has 0 bridgehead atoms. The number of phenolic OH excluding ortho intramolecular Hbond substituents is 1. The van der Waals surface area contributed by atoms with Gasteiger partial charge in [0, 0.05) is 26.3 Å². The highest BCUT2D eigenvalue weighted by Gasteiger charge is 2.18. The van der Waals surface area contributed by atoms with Crippen LogP contribution in [0.3, 0.4) is 0 Å². The van der Waals surface area contributed by atoms with E-state index in [1.807, 2.05) is 0 Å². The highest BCUT2D eigenvalue weighted by atomic mass is 16.3. The molecule has 2 N–H and O–H groups in total. The molecule has 0 radical (unpaired) electrons. The van der Waals surface area contributed by atoms with Gasteiger partial charge >= 0.3 is 0 Å². The minimum atomic E-state index is -0.403. The summed E-state index contributed by atoms with van der Waals surface area (Å²) in [6, 6.07) is 6.58. The van der Waals surface area contributed by atoms with Crippen LogP contribution in [0, 0.1) is 0 Å². The van der Waals surface area contributed by atoms with Crippen molar-refractivity contribution >= 4 is 18.0 Å². The summed E-state index contributed by atoms with van der Waals surface area (Å²) >= 11 is 0. The van der Waals surface area contributed by atoms with Crippen LogP contribution in [0.15, 0.2) is 37.0 Å². The lowest BCUT2D eigenvalue weighted by Crippen LogP contribution is -2.38. The second-order valence-corrected chi connectivity index (χ2v) is 5.58. The van der Waals surface area contributed by atoms with E-state index in [1.54, 1.807) is 38.2 Å². The molecule has 0 spiro atoms. The van der Waals surface area contributed by atoms with Crippen LogP contribution in [0.4, 0.5) is 0 Å². The molecule has 1 atom stereocenters. The van der Waals surface area contributed by atoms with Crippen molar-refractivity contribution in [2.45, 2.75) is 12.8 Å². The first kappa shape index (κ1) is 18.2. The molecule has 2 aromatic rings. The van der Waals surface area contributed by atoms with Gasteiger partial charge in [0.15, 0.2) is 5.69 Å². The molecule has 0 aliphatic rings. The molecule has 1 unspecified atom stereocenters. The predicted octanol–water partition coefficient (Wildman–Crippen LogP) is 1.08. The predicted molar refractivity (Wildman–Crippen MR) is 92.9 cm³/mol. The smallest absolute Gasteiger partial charge is 0.274 e. The molecule has 25 heavy (non-hydrogen) atoms. The number of hydrogen-bond acceptors (Lipinski definition) is 5.